The summed E-state index contributed by atoms with van der Waals surface area (Å²) in [6.07, 6.45) is 1.35. The fourth-order valence-electron chi connectivity index (χ4n) is 2.43. The van der Waals surface area contributed by atoms with E-state index in [1.54, 1.807) is 4.90 Å². The summed E-state index contributed by atoms with van der Waals surface area (Å²) in [5.41, 5.74) is 6.45. The van der Waals surface area contributed by atoms with Crippen molar-refractivity contribution in [2.24, 2.45) is 5.73 Å². The zero-order valence-electron chi connectivity index (χ0n) is 13.4. The lowest BCUT2D eigenvalue weighted by atomic mass is 10.2. The minimum absolute atomic E-state index is 0.0881. The summed E-state index contributed by atoms with van der Waals surface area (Å²) in [7, 11) is 0. The van der Waals surface area contributed by atoms with E-state index in [2.05, 4.69) is 4.98 Å². The number of hydrogen-bond acceptors (Lipinski definition) is 5. The van der Waals surface area contributed by atoms with Crippen LogP contribution in [0.3, 0.4) is 0 Å². The molecule has 0 aliphatic rings. The highest BCUT2D eigenvalue weighted by Crippen LogP contribution is 2.28. The fraction of sp³-hybridized carbons (Fsp3) is 0.167. The van der Waals surface area contributed by atoms with Gasteiger partial charge in [0.1, 0.15) is 0 Å². The second-order valence-electron chi connectivity index (χ2n) is 5.44. The molecule has 7 heteroatoms. The first-order chi connectivity index (χ1) is 12.1. The molecule has 1 aromatic carbocycles. The van der Waals surface area contributed by atoms with Gasteiger partial charge < -0.3 is 15.1 Å². The molecule has 0 fully saturated rings. The number of carbonyl (C=O) groups is 2. The van der Waals surface area contributed by atoms with Crippen molar-refractivity contribution in [3.8, 4) is 10.6 Å². The van der Waals surface area contributed by atoms with Crippen LogP contribution in [-0.2, 0) is 11.3 Å². The first kappa shape index (κ1) is 16.9. The number of amides is 2. The van der Waals surface area contributed by atoms with Crippen molar-refractivity contribution in [3.05, 3.63) is 65.5 Å². The Balaban J connectivity index is 1.86. The van der Waals surface area contributed by atoms with Gasteiger partial charge in [-0.15, -0.1) is 11.3 Å². The van der Waals surface area contributed by atoms with E-state index in [0.29, 0.717) is 12.3 Å². The summed E-state index contributed by atoms with van der Waals surface area (Å²) in [6, 6.07) is 13.3. The van der Waals surface area contributed by atoms with Crippen LogP contribution >= 0.6 is 11.3 Å². The molecule has 0 saturated heterocycles. The molecule has 0 atom stereocenters. The smallest absolute Gasteiger partial charge is 0.276 e. The van der Waals surface area contributed by atoms with Crippen molar-refractivity contribution in [1.82, 2.24) is 9.88 Å². The molecular formula is C18H17N3O3S. The number of hydrogen-bond donors (Lipinski definition) is 1. The van der Waals surface area contributed by atoms with E-state index in [-0.39, 0.29) is 24.6 Å². The van der Waals surface area contributed by atoms with Gasteiger partial charge in [-0.1, -0.05) is 36.4 Å². The molecule has 0 aliphatic carbocycles. The van der Waals surface area contributed by atoms with E-state index < -0.39 is 5.91 Å². The Morgan fingerprint density at radius 2 is 1.96 bits per heavy atom. The monoisotopic (exact) mass is 355 g/mol. The lowest BCUT2D eigenvalue weighted by Crippen LogP contribution is -2.34. The minimum Gasteiger partial charge on any atom is -0.442 e. The SMILES string of the molecule is NC(=O)CCN(Cc1ccccc1)C(=O)c1ncoc1-c1cccs1. The van der Waals surface area contributed by atoms with Gasteiger partial charge in [-0.25, -0.2) is 4.98 Å². The number of primary amides is 1. The number of nitrogens with zero attached hydrogens (tertiary/aromatic N) is 2. The van der Waals surface area contributed by atoms with Crippen molar-refractivity contribution < 1.29 is 14.0 Å². The van der Waals surface area contributed by atoms with Crippen molar-refractivity contribution in [3.63, 3.8) is 0 Å². The third-order valence-corrected chi connectivity index (χ3v) is 4.52. The second-order valence-corrected chi connectivity index (χ2v) is 6.38. The first-order valence-electron chi connectivity index (χ1n) is 7.74. The van der Waals surface area contributed by atoms with Gasteiger partial charge in [0.05, 0.1) is 4.88 Å². The van der Waals surface area contributed by atoms with E-state index in [1.807, 2.05) is 47.8 Å². The minimum atomic E-state index is -0.454. The molecule has 3 rings (SSSR count). The number of nitrogens with two attached hydrogens (primary N) is 1. The second kappa shape index (κ2) is 7.76. The molecule has 0 spiro atoms. The third kappa shape index (κ3) is 4.13. The van der Waals surface area contributed by atoms with Gasteiger partial charge in [0.25, 0.3) is 5.91 Å². The summed E-state index contributed by atoms with van der Waals surface area (Å²) in [5, 5.41) is 1.90. The Labute approximate surface area is 148 Å². The Kier molecular flexibility index (Phi) is 5.25. The fourth-order valence-corrected chi connectivity index (χ4v) is 3.14. The number of thiophene rings is 1. The highest BCUT2D eigenvalue weighted by molar-refractivity contribution is 7.13. The van der Waals surface area contributed by atoms with Crippen molar-refractivity contribution in [2.45, 2.75) is 13.0 Å². The van der Waals surface area contributed by atoms with Crippen LogP contribution in [0.25, 0.3) is 10.6 Å². The highest BCUT2D eigenvalue weighted by Gasteiger charge is 2.24. The molecule has 3 aromatic rings. The number of rotatable bonds is 7. The van der Waals surface area contributed by atoms with E-state index in [1.165, 1.54) is 17.7 Å². The molecule has 0 saturated carbocycles. The van der Waals surface area contributed by atoms with E-state index in [0.717, 1.165) is 10.4 Å². The summed E-state index contributed by atoms with van der Waals surface area (Å²) >= 11 is 1.47. The predicted molar refractivity (Wildman–Crippen MR) is 94.8 cm³/mol. The Hall–Kier alpha value is -2.93. The maximum absolute atomic E-state index is 13.0. The zero-order valence-corrected chi connectivity index (χ0v) is 14.2. The average molecular weight is 355 g/mol. The molecule has 25 heavy (non-hydrogen) atoms. The Bertz CT molecular complexity index is 844. The number of oxazole rings is 1. The summed E-state index contributed by atoms with van der Waals surface area (Å²) in [5.74, 6) is -0.302. The van der Waals surface area contributed by atoms with Crippen LogP contribution in [0.15, 0.2) is 58.7 Å². The molecule has 128 valence electrons. The number of carbonyl (C=O) groups excluding carboxylic acids is 2. The van der Waals surface area contributed by atoms with Gasteiger partial charge in [-0.3, -0.25) is 9.59 Å². The number of benzene rings is 1. The molecule has 2 heterocycles. The van der Waals surface area contributed by atoms with E-state index in [9.17, 15) is 9.59 Å². The van der Waals surface area contributed by atoms with E-state index >= 15 is 0 Å². The molecule has 0 unspecified atom stereocenters. The molecule has 0 bridgehead atoms. The van der Waals surface area contributed by atoms with E-state index in [4.69, 9.17) is 10.2 Å². The Morgan fingerprint density at radius 1 is 1.16 bits per heavy atom. The highest BCUT2D eigenvalue weighted by atomic mass is 32.1. The van der Waals surface area contributed by atoms with Gasteiger partial charge in [0.15, 0.2) is 17.8 Å². The van der Waals surface area contributed by atoms with Crippen LogP contribution in [-0.4, -0.2) is 28.2 Å². The summed E-state index contributed by atoms with van der Waals surface area (Å²) in [6.45, 7) is 0.587. The maximum Gasteiger partial charge on any atom is 0.276 e. The van der Waals surface area contributed by atoms with Crippen LogP contribution in [0.2, 0.25) is 0 Å². The topological polar surface area (TPSA) is 89.4 Å². The van der Waals surface area contributed by atoms with Crippen molar-refractivity contribution in [2.75, 3.05) is 6.54 Å². The van der Waals surface area contributed by atoms with Crippen LogP contribution in [0.5, 0.6) is 0 Å². The molecular weight excluding hydrogens is 338 g/mol. The first-order valence-corrected chi connectivity index (χ1v) is 8.62. The van der Waals surface area contributed by atoms with Crippen LogP contribution in [0.4, 0.5) is 0 Å². The van der Waals surface area contributed by atoms with Gasteiger partial charge >= 0.3 is 0 Å². The van der Waals surface area contributed by atoms with Crippen LogP contribution in [0, 0.1) is 0 Å². The molecule has 2 aromatic heterocycles. The quantitative estimate of drug-likeness (QED) is 0.705. The average Bonchev–Trinajstić information content (AvgIpc) is 3.29. The molecule has 0 radical (unpaired) electrons. The molecule has 2 N–H and O–H groups in total. The lowest BCUT2D eigenvalue weighted by molar-refractivity contribution is -0.118. The van der Waals surface area contributed by atoms with Crippen molar-refractivity contribution >= 4 is 23.2 Å². The molecule has 6 nitrogen and oxygen atoms in total. The normalized spacial score (nSPS) is 10.6. The standard InChI is InChI=1S/C18H17N3O3S/c19-15(22)8-9-21(11-13-5-2-1-3-6-13)18(23)16-17(24-12-20-16)14-7-4-10-25-14/h1-7,10,12H,8-9,11H2,(H2,19,22). The predicted octanol–water partition coefficient (Wildman–Crippen LogP) is 2.92. The van der Waals surface area contributed by atoms with Crippen LogP contribution in [0.1, 0.15) is 22.5 Å². The largest absolute Gasteiger partial charge is 0.442 e. The van der Waals surface area contributed by atoms with Gasteiger partial charge in [-0.2, -0.15) is 0 Å². The van der Waals surface area contributed by atoms with Gasteiger partial charge in [0.2, 0.25) is 5.91 Å². The van der Waals surface area contributed by atoms with Crippen LogP contribution < -0.4 is 5.73 Å². The lowest BCUT2D eigenvalue weighted by Gasteiger charge is -2.21. The Morgan fingerprint density at radius 3 is 2.64 bits per heavy atom. The van der Waals surface area contributed by atoms with Gasteiger partial charge in [-0.05, 0) is 17.0 Å². The number of aromatic nitrogens is 1. The zero-order chi connectivity index (χ0) is 17.6. The van der Waals surface area contributed by atoms with Gasteiger partial charge in [0, 0.05) is 19.5 Å². The summed E-state index contributed by atoms with van der Waals surface area (Å²) < 4.78 is 5.42. The van der Waals surface area contributed by atoms with Crippen molar-refractivity contribution in [1.29, 1.82) is 0 Å². The third-order valence-electron chi connectivity index (χ3n) is 3.65. The molecule has 2 amide bonds. The maximum atomic E-state index is 13.0. The molecule has 0 aliphatic heterocycles. The summed E-state index contributed by atoms with van der Waals surface area (Å²) in [4.78, 5) is 30.7.